The number of nitrogens with one attached hydrogen (secondary N) is 1. The van der Waals surface area contributed by atoms with Gasteiger partial charge in [-0.15, -0.1) is 0 Å². The second-order valence-corrected chi connectivity index (χ2v) is 8.21. The van der Waals surface area contributed by atoms with Crippen LogP contribution >= 0.6 is 15.9 Å². The molecule has 0 amide bonds. The first-order valence-electron chi connectivity index (χ1n) is 9.79. The highest BCUT2D eigenvalue weighted by Gasteiger charge is 2.16. The fourth-order valence-corrected chi connectivity index (χ4v) is 4.06. The van der Waals surface area contributed by atoms with E-state index in [2.05, 4.69) is 25.9 Å². The number of hydrogen-bond donors (Lipinski definition) is 2. The molecule has 0 atom stereocenters. The fraction of sp³-hybridized carbons (Fsp3) is 0.182. The van der Waals surface area contributed by atoms with Crippen LogP contribution in [0.5, 0.6) is 5.88 Å². The normalized spacial score (nSPS) is 11.6. The van der Waals surface area contributed by atoms with Gasteiger partial charge in [0.1, 0.15) is 5.56 Å². The number of aromatic hydroxyl groups is 1. The summed E-state index contributed by atoms with van der Waals surface area (Å²) in [6.45, 7) is 1.93. The van der Waals surface area contributed by atoms with E-state index in [1.807, 2.05) is 13.0 Å². The number of aryl methyl sites for hydroxylation is 3. The van der Waals surface area contributed by atoms with Crippen molar-refractivity contribution in [1.29, 1.82) is 0 Å². The third-order valence-electron chi connectivity index (χ3n) is 5.38. The number of aromatic amines is 1. The number of nitrogens with zero attached hydrogens (tertiary/aromatic N) is 4. The fourth-order valence-electron chi connectivity index (χ4n) is 3.65. The van der Waals surface area contributed by atoms with Crippen LogP contribution in [0.2, 0.25) is 0 Å². The lowest BCUT2D eigenvalue weighted by Crippen LogP contribution is -2.31. The molecule has 2 aromatic carbocycles. The quantitative estimate of drug-likeness (QED) is 0.421. The van der Waals surface area contributed by atoms with Crippen LogP contribution in [-0.4, -0.2) is 30.0 Å². The van der Waals surface area contributed by atoms with Gasteiger partial charge in [-0.3, -0.25) is 23.9 Å². The van der Waals surface area contributed by atoms with E-state index in [0.717, 1.165) is 20.1 Å². The summed E-state index contributed by atoms with van der Waals surface area (Å²) in [4.78, 5) is 43.6. The molecule has 2 heterocycles. The first kappa shape index (κ1) is 21.6. The third kappa shape index (κ3) is 3.52. The molecule has 0 bridgehead atoms. The molecule has 0 radical (unpaired) electrons. The van der Waals surface area contributed by atoms with Crippen LogP contribution in [0.3, 0.4) is 0 Å². The van der Waals surface area contributed by atoms with E-state index in [1.54, 1.807) is 44.4 Å². The second-order valence-electron chi connectivity index (χ2n) is 7.29. The Labute approximate surface area is 190 Å². The number of aromatic nitrogens is 4. The van der Waals surface area contributed by atoms with Gasteiger partial charge in [0.05, 0.1) is 22.4 Å². The Morgan fingerprint density at radius 2 is 1.78 bits per heavy atom. The van der Waals surface area contributed by atoms with E-state index in [0.29, 0.717) is 23.3 Å². The van der Waals surface area contributed by atoms with E-state index < -0.39 is 17.1 Å². The Morgan fingerprint density at radius 1 is 1.06 bits per heavy atom. The monoisotopic (exact) mass is 497 g/mol. The van der Waals surface area contributed by atoms with Crippen molar-refractivity contribution in [3.8, 4) is 11.6 Å². The molecule has 0 spiro atoms. The molecule has 0 aliphatic heterocycles. The molecule has 4 rings (SSSR count). The van der Waals surface area contributed by atoms with E-state index in [4.69, 9.17) is 0 Å². The number of H-pyrrole nitrogens is 1. The number of benzene rings is 2. The summed E-state index contributed by atoms with van der Waals surface area (Å²) in [6.07, 6.45) is 1.82. The minimum atomic E-state index is -0.754. The lowest BCUT2D eigenvalue weighted by atomic mass is 10.1. The zero-order chi connectivity index (χ0) is 23.2. The molecule has 0 saturated heterocycles. The van der Waals surface area contributed by atoms with Gasteiger partial charge in [0.2, 0.25) is 5.88 Å². The smallest absolute Gasteiger partial charge is 0.335 e. The standard InChI is InChI=1S/C22H20BrN5O4/c1-4-12-9-13(23)5-7-16(12)28-20(30)15(19(29)25-21(28)31)11-24-14-6-8-17-18(10-14)27(3)22(32)26(17)2/h5-11,30H,4H2,1-3H3,(H,25,29,31). The molecular formula is C22H20BrN5O4. The second kappa shape index (κ2) is 8.12. The maximum Gasteiger partial charge on any atom is 0.335 e. The Bertz CT molecular complexity index is 1570. The zero-order valence-corrected chi connectivity index (χ0v) is 19.2. The summed E-state index contributed by atoms with van der Waals surface area (Å²) >= 11 is 3.40. The maximum atomic E-state index is 12.5. The van der Waals surface area contributed by atoms with Crippen LogP contribution in [-0.2, 0) is 20.5 Å². The van der Waals surface area contributed by atoms with E-state index >= 15 is 0 Å². The minimum Gasteiger partial charge on any atom is -0.493 e. The van der Waals surface area contributed by atoms with Crippen molar-refractivity contribution in [2.24, 2.45) is 19.1 Å². The molecule has 0 saturated carbocycles. The van der Waals surface area contributed by atoms with Crippen molar-refractivity contribution in [3.63, 3.8) is 0 Å². The van der Waals surface area contributed by atoms with Crippen LogP contribution in [0.25, 0.3) is 16.7 Å². The van der Waals surface area contributed by atoms with E-state index in [9.17, 15) is 19.5 Å². The topological polar surface area (TPSA) is 114 Å². The Balaban J connectivity index is 1.85. The van der Waals surface area contributed by atoms with Crippen LogP contribution in [0, 0.1) is 0 Å². The van der Waals surface area contributed by atoms with Crippen LogP contribution in [0.4, 0.5) is 5.69 Å². The number of halogens is 1. The van der Waals surface area contributed by atoms with Crippen molar-refractivity contribution in [2.75, 3.05) is 0 Å². The van der Waals surface area contributed by atoms with Gasteiger partial charge in [-0.25, -0.2) is 14.2 Å². The summed E-state index contributed by atoms with van der Waals surface area (Å²) in [7, 11) is 3.34. The third-order valence-corrected chi connectivity index (χ3v) is 5.88. The number of rotatable bonds is 4. The summed E-state index contributed by atoms with van der Waals surface area (Å²) in [5, 5.41) is 10.8. The first-order chi connectivity index (χ1) is 15.2. The predicted octanol–water partition coefficient (Wildman–Crippen LogP) is 2.50. The molecule has 2 N–H and O–H groups in total. The number of imidazole rings is 1. The van der Waals surface area contributed by atoms with Gasteiger partial charge in [-0.05, 0) is 48.4 Å². The molecular weight excluding hydrogens is 478 g/mol. The first-order valence-corrected chi connectivity index (χ1v) is 10.6. The van der Waals surface area contributed by atoms with Gasteiger partial charge in [-0.1, -0.05) is 22.9 Å². The van der Waals surface area contributed by atoms with Crippen LogP contribution < -0.4 is 16.9 Å². The van der Waals surface area contributed by atoms with Gasteiger partial charge < -0.3 is 5.11 Å². The molecule has 10 heteroatoms. The van der Waals surface area contributed by atoms with E-state index in [-0.39, 0.29) is 11.3 Å². The van der Waals surface area contributed by atoms with Gasteiger partial charge >= 0.3 is 11.4 Å². The highest BCUT2D eigenvalue weighted by Crippen LogP contribution is 2.24. The van der Waals surface area contributed by atoms with Gasteiger partial charge in [-0.2, -0.15) is 0 Å². The lowest BCUT2D eigenvalue weighted by Gasteiger charge is -2.13. The van der Waals surface area contributed by atoms with Crippen molar-refractivity contribution in [1.82, 2.24) is 18.7 Å². The van der Waals surface area contributed by atoms with Gasteiger partial charge in [0.25, 0.3) is 5.56 Å². The molecule has 164 valence electrons. The highest BCUT2D eigenvalue weighted by atomic mass is 79.9. The highest BCUT2D eigenvalue weighted by molar-refractivity contribution is 9.10. The summed E-state index contributed by atoms with van der Waals surface area (Å²) in [6, 6.07) is 10.4. The van der Waals surface area contributed by atoms with Crippen molar-refractivity contribution in [3.05, 3.63) is 83.3 Å². The molecule has 2 aromatic heterocycles. The average molecular weight is 498 g/mol. The molecule has 0 aliphatic carbocycles. The SMILES string of the molecule is CCc1cc(Br)ccc1-n1c(O)c(C=Nc2ccc3c(c2)n(C)c(=O)n3C)c(=O)[nH]c1=O. The van der Waals surface area contributed by atoms with Crippen LogP contribution in [0.1, 0.15) is 18.1 Å². The predicted molar refractivity (Wildman–Crippen MR) is 127 cm³/mol. The Morgan fingerprint density at radius 3 is 2.50 bits per heavy atom. The number of aliphatic imine (C=N–C) groups is 1. The molecule has 4 aromatic rings. The van der Waals surface area contributed by atoms with E-state index in [1.165, 1.54) is 15.3 Å². The molecule has 32 heavy (non-hydrogen) atoms. The number of hydrogen-bond acceptors (Lipinski definition) is 5. The average Bonchev–Trinajstić information content (AvgIpc) is 2.98. The van der Waals surface area contributed by atoms with Gasteiger partial charge in [0.15, 0.2) is 0 Å². The lowest BCUT2D eigenvalue weighted by molar-refractivity contribution is 0.429. The van der Waals surface area contributed by atoms with Gasteiger partial charge in [0, 0.05) is 24.8 Å². The molecule has 9 nitrogen and oxygen atoms in total. The summed E-state index contributed by atoms with van der Waals surface area (Å²) < 4.78 is 4.91. The molecule has 0 unspecified atom stereocenters. The maximum absolute atomic E-state index is 12.5. The van der Waals surface area contributed by atoms with Crippen molar-refractivity contribution < 1.29 is 5.11 Å². The Hall–Kier alpha value is -3.66. The minimum absolute atomic E-state index is 0.156. The molecule has 0 fully saturated rings. The Kier molecular flexibility index (Phi) is 5.47. The summed E-state index contributed by atoms with van der Waals surface area (Å²) in [5.41, 5.74) is 1.35. The molecule has 0 aliphatic rings. The van der Waals surface area contributed by atoms with Crippen LogP contribution in [0.15, 0.2) is 60.2 Å². The number of fused-ring (bicyclic) bond motifs is 1. The van der Waals surface area contributed by atoms with Crippen molar-refractivity contribution in [2.45, 2.75) is 13.3 Å². The zero-order valence-electron chi connectivity index (χ0n) is 17.6. The van der Waals surface area contributed by atoms with Crippen molar-refractivity contribution >= 4 is 38.9 Å². The largest absolute Gasteiger partial charge is 0.493 e. The summed E-state index contributed by atoms with van der Waals surface area (Å²) in [5.74, 6) is -0.507.